The number of aryl methyl sites for hydroxylation is 1. The van der Waals surface area contributed by atoms with Gasteiger partial charge in [0.1, 0.15) is 5.75 Å². The Labute approximate surface area is 121 Å². The van der Waals surface area contributed by atoms with E-state index in [0.29, 0.717) is 12.3 Å². The molecular weight excluding hydrogens is 246 g/mol. The SMILES string of the molecule is Cc1cc(CNc2ccccc2)c(O)c(C(C)(C)C)c1. The number of benzene rings is 2. The van der Waals surface area contributed by atoms with Crippen molar-refractivity contribution in [1.29, 1.82) is 0 Å². The van der Waals surface area contributed by atoms with Crippen LogP contribution in [0, 0.1) is 6.92 Å². The van der Waals surface area contributed by atoms with Crippen molar-refractivity contribution in [2.24, 2.45) is 0 Å². The molecule has 2 rings (SSSR count). The van der Waals surface area contributed by atoms with Crippen molar-refractivity contribution in [3.63, 3.8) is 0 Å². The van der Waals surface area contributed by atoms with Crippen molar-refractivity contribution in [2.45, 2.75) is 39.7 Å². The molecule has 0 fully saturated rings. The minimum Gasteiger partial charge on any atom is -0.507 e. The van der Waals surface area contributed by atoms with E-state index in [2.05, 4.69) is 39.1 Å². The molecule has 0 aliphatic heterocycles. The van der Waals surface area contributed by atoms with Gasteiger partial charge in [-0.3, -0.25) is 0 Å². The molecule has 0 radical (unpaired) electrons. The number of hydrogen-bond acceptors (Lipinski definition) is 2. The monoisotopic (exact) mass is 269 g/mol. The zero-order chi connectivity index (χ0) is 14.8. The van der Waals surface area contributed by atoms with Crippen LogP contribution in [0.4, 0.5) is 5.69 Å². The first-order chi connectivity index (χ1) is 9.38. The number of aromatic hydroxyl groups is 1. The highest BCUT2D eigenvalue weighted by molar-refractivity contribution is 5.50. The summed E-state index contributed by atoms with van der Waals surface area (Å²) in [5.41, 5.74) is 4.13. The lowest BCUT2D eigenvalue weighted by atomic mass is 9.84. The van der Waals surface area contributed by atoms with E-state index < -0.39 is 0 Å². The molecule has 0 unspecified atom stereocenters. The van der Waals surface area contributed by atoms with Crippen LogP contribution in [0.2, 0.25) is 0 Å². The van der Waals surface area contributed by atoms with Gasteiger partial charge in [-0.05, 0) is 30.0 Å². The lowest BCUT2D eigenvalue weighted by Gasteiger charge is -2.23. The third-order valence-corrected chi connectivity index (χ3v) is 3.40. The Hall–Kier alpha value is -1.96. The van der Waals surface area contributed by atoms with Crippen LogP contribution < -0.4 is 5.32 Å². The van der Waals surface area contributed by atoms with Crippen LogP contribution in [0.15, 0.2) is 42.5 Å². The second kappa shape index (κ2) is 5.58. The molecule has 106 valence electrons. The first kappa shape index (κ1) is 14.4. The van der Waals surface area contributed by atoms with E-state index in [9.17, 15) is 5.11 Å². The van der Waals surface area contributed by atoms with E-state index in [1.165, 1.54) is 5.56 Å². The second-order valence-electron chi connectivity index (χ2n) is 6.29. The number of rotatable bonds is 3. The fraction of sp³-hybridized carbons (Fsp3) is 0.333. The van der Waals surface area contributed by atoms with Crippen LogP contribution in [-0.2, 0) is 12.0 Å². The summed E-state index contributed by atoms with van der Waals surface area (Å²) in [6.07, 6.45) is 0. The first-order valence-corrected chi connectivity index (χ1v) is 7.00. The maximum atomic E-state index is 10.5. The van der Waals surface area contributed by atoms with Gasteiger partial charge in [0.05, 0.1) is 0 Å². The average molecular weight is 269 g/mol. The summed E-state index contributed by atoms with van der Waals surface area (Å²) >= 11 is 0. The fourth-order valence-electron chi connectivity index (χ4n) is 2.31. The Morgan fingerprint density at radius 1 is 1.05 bits per heavy atom. The molecule has 0 saturated carbocycles. The van der Waals surface area contributed by atoms with Crippen LogP contribution in [0.5, 0.6) is 5.75 Å². The predicted molar refractivity (Wildman–Crippen MR) is 85.3 cm³/mol. The van der Waals surface area contributed by atoms with Gasteiger partial charge < -0.3 is 10.4 Å². The van der Waals surface area contributed by atoms with E-state index in [4.69, 9.17) is 0 Å². The molecule has 0 spiro atoms. The molecule has 0 aliphatic carbocycles. The molecule has 0 aliphatic rings. The van der Waals surface area contributed by atoms with Gasteiger partial charge in [0, 0.05) is 17.8 Å². The molecular formula is C18H23NO. The molecule has 2 aromatic carbocycles. The fourth-order valence-corrected chi connectivity index (χ4v) is 2.31. The van der Waals surface area contributed by atoms with Crippen molar-refractivity contribution >= 4 is 5.69 Å². The number of nitrogens with one attached hydrogen (secondary N) is 1. The van der Waals surface area contributed by atoms with E-state index in [1.807, 2.05) is 36.4 Å². The van der Waals surface area contributed by atoms with Crippen molar-refractivity contribution in [2.75, 3.05) is 5.32 Å². The molecule has 0 atom stereocenters. The van der Waals surface area contributed by atoms with E-state index >= 15 is 0 Å². The molecule has 0 heterocycles. The normalized spacial score (nSPS) is 11.4. The number of para-hydroxylation sites is 1. The van der Waals surface area contributed by atoms with E-state index in [-0.39, 0.29) is 5.41 Å². The van der Waals surface area contributed by atoms with Crippen molar-refractivity contribution < 1.29 is 5.11 Å². The van der Waals surface area contributed by atoms with Gasteiger partial charge in [-0.2, -0.15) is 0 Å². The highest BCUT2D eigenvalue weighted by atomic mass is 16.3. The Morgan fingerprint density at radius 2 is 1.70 bits per heavy atom. The molecule has 0 bridgehead atoms. The van der Waals surface area contributed by atoms with Crippen molar-refractivity contribution in [3.8, 4) is 5.75 Å². The molecule has 0 aromatic heterocycles. The Balaban J connectivity index is 2.26. The maximum absolute atomic E-state index is 10.5. The van der Waals surface area contributed by atoms with Crippen LogP contribution in [0.3, 0.4) is 0 Å². The summed E-state index contributed by atoms with van der Waals surface area (Å²) in [7, 11) is 0. The van der Waals surface area contributed by atoms with E-state index in [1.54, 1.807) is 0 Å². The second-order valence-corrected chi connectivity index (χ2v) is 6.29. The molecule has 2 N–H and O–H groups in total. The van der Waals surface area contributed by atoms with Gasteiger partial charge in [-0.1, -0.05) is 56.7 Å². The summed E-state index contributed by atoms with van der Waals surface area (Å²) < 4.78 is 0. The number of phenols is 1. The number of phenolic OH excluding ortho intramolecular Hbond substituents is 1. The van der Waals surface area contributed by atoms with Crippen molar-refractivity contribution in [3.05, 3.63) is 59.2 Å². The largest absolute Gasteiger partial charge is 0.507 e. The number of anilines is 1. The molecule has 0 amide bonds. The molecule has 2 heteroatoms. The van der Waals surface area contributed by atoms with Gasteiger partial charge in [-0.25, -0.2) is 0 Å². The van der Waals surface area contributed by atoms with Crippen molar-refractivity contribution in [1.82, 2.24) is 0 Å². The topological polar surface area (TPSA) is 32.3 Å². The highest BCUT2D eigenvalue weighted by Crippen LogP contribution is 2.34. The van der Waals surface area contributed by atoms with Gasteiger partial charge in [-0.15, -0.1) is 0 Å². The van der Waals surface area contributed by atoms with Gasteiger partial charge in [0.2, 0.25) is 0 Å². The summed E-state index contributed by atoms with van der Waals surface area (Å²) in [6, 6.07) is 14.2. The quantitative estimate of drug-likeness (QED) is 0.852. The van der Waals surface area contributed by atoms with Gasteiger partial charge in [0.25, 0.3) is 0 Å². The summed E-state index contributed by atoms with van der Waals surface area (Å²) in [6.45, 7) is 9.06. The van der Waals surface area contributed by atoms with E-state index in [0.717, 1.165) is 16.8 Å². The maximum Gasteiger partial charge on any atom is 0.124 e. The third-order valence-electron chi connectivity index (χ3n) is 3.40. The van der Waals surface area contributed by atoms with Crippen LogP contribution in [0.1, 0.15) is 37.5 Å². The Bertz CT molecular complexity index is 582. The molecule has 0 saturated heterocycles. The lowest BCUT2D eigenvalue weighted by molar-refractivity contribution is 0.441. The van der Waals surface area contributed by atoms with Crippen LogP contribution in [-0.4, -0.2) is 5.11 Å². The highest BCUT2D eigenvalue weighted by Gasteiger charge is 2.20. The summed E-state index contributed by atoms with van der Waals surface area (Å²) in [5.74, 6) is 0.409. The number of hydrogen-bond donors (Lipinski definition) is 2. The Kier molecular flexibility index (Phi) is 4.03. The van der Waals surface area contributed by atoms with Crippen LogP contribution in [0.25, 0.3) is 0 Å². The predicted octanol–water partition coefficient (Wildman–Crippen LogP) is 4.61. The molecule has 2 aromatic rings. The zero-order valence-corrected chi connectivity index (χ0v) is 12.7. The third kappa shape index (κ3) is 3.32. The molecule has 2 nitrogen and oxygen atoms in total. The first-order valence-electron chi connectivity index (χ1n) is 7.00. The summed E-state index contributed by atoms with van der Waals surface area (Å²) in [5, 5.41) is 13.8. The minimum absolute atomic E-state index is 0.0579. The standard InChI is InChI=1S/C18H23NO/c1-13-10-14(12-19-15-8-6-5-7-9-15)17(20)16(11-13)18(2,3)4/h5-11,19-20H,12H2,1-4H3. The zero-order valence-electron chi connectivity index (χ0n) is 12.7. The summed E-state index contributed by atoms with van der Waals surface area (Å²) in [4.78, 5) is 0. The average Bonchev–Trinajstić information content (AvgIpc) is 2.39. The lowest BCUT2D eigenvalue weighted by Crippen LogP contribution is -2.13. The smallest absolute Gasteiger partial charge is 0.124 e. The van der Waals surface area contributed by atoms with Gasteiger partial charge in [0.15, 0.2) is 0 Å². The molecule has 20 heavy (non-hydrogen) atoms. The minimum atomic E-state index is -0.0579. The van der Waals surface area contributed by atoms with Gasteiger partial charge >= 0.3 is 0 Å². The van der Waals surface area contributed by atoms with Crippen LogP contribution >= 0.6 is 0 Å². The Morgan fingerprint density at radius 3 is 2.30 bits per heavy atom.